The van der Waals surface area contributed by atoms with Crippen molar-refractivity contribution < 1.29 is 4.79 Å². The predicted molar refractivity (Wildman–Crippen MR) is 150 cm³/mol. The Balaban J connectivity index is 1.40. The van der Waals surface area contributed by atoms with Crippen LogP contribution in [0.4, 0.5) is 5.69 Å². The van der Waals surface area contributed by atoms with E-state index in [1.54, 1.807) is 0 Å². The van der Waals surface area contributed by atoms with Gasteiger partial charge in [-0.25, -0.2) is 4.99 Å². The van der Waals surface area contributed by atoms with E-state index in [1.807, 2.05) is 77.7 Å². The number of hydrogen-bond donors (Lipinski definition) is 0. The second-order valence-corrected chi connectivity index (χ2v) is 10.5. The summed E-state index contributed by atoms with van der Waals surface area (Å²) in [5.41, 5.74) is 4.57. The van der Waals surface area contributed by atoms with Crippen LogP contribution in [0.1, 0.15) is 42.4 Å². The predicted octanol–water partition coefficient (Wildman–Crippen LogP) is 7.11. The van der Waals surface area contributed by atoms with Gasteiger partial charge >= 0.3 is 0 Å². The molecule has 0 bridgehead atoms. The van der Waals surface area contributed by atoms with Gasteiger partial charge in [0.2, 0.25) is 0 Å². The molecule has 1 aliphatic heterocycles. The Hall–Kier alpha value is -4.08. The molecule has 1 aromatic heterocycles. The molecule has 4 aromatic rings. The quantitative estimate of drug-likeness (QED) is 0.273. The highest BCUT2D eigenvalue weighted by atomic mass is 32.2. The Kier molecular flexibility index (Phi) is 6.38. The van der Waals surface area contributed by atoms with Gasteiger partial charge in [0.1, 0.15) is 0 Å². The summed E-state index contributed by atoms with van der Waals surface area (Å²) in [7, 11) is 0. The van der Waals surface area contributed by atoms with E-state index in [1.165, 1.54) is 11.8 Å². The molecular formula is C31H26N4OS. The summed E-state index contributed by atoms with van der Waals surface area (Å²) >= 11 is 1.47. The zero-order valence-electron chi connectivity index (χ0n) is 20.4. The van der Waals surface area contributed by atoms with Crippen LogP contribution in [0.5, 0.6) is 0 Å². The van der Waals surface area contributed by atoms with Gasteiger partial charge in [-0.3, -0.25) is 9.69 Å². The molecule has 6 rings (SSSR count). The lowest BCUT2D eigenvalue weighted by Gasteiger charge is -2.22. The number of hydrogen-bond acceptors (Lipinski definition) is 4. The van der Waals surface area contributed by atoms with Crippen molar-refractivity contribution in [1.29, 1.82) is 5.26 Å². The minimum atomic E-state index is 0.0400. The summed E-state index contributed by atoms with van der Waals surface area (Å²) in [6.45, 7) is 0.587. The molecule has 1 saturated heterocycles. The van der Waals surface area contributed by atoms with Gasteiger partial charge in [0.05, 0.1) is 22.2 Å². The van der Waals surface area contributed by atoms with Crippen LogP contribution in [-0.4, -0.2) is 26.6 Å². The van der Waals surface area contributed by atoms with Crippen molar-refractivity contribution in [3.63, 3.8) is 0 Å². The Bertz CT molecular complexity index is 1570. The summed E-state index contributed by atoms with van der Waals surface area (Å²) in [6.07, 6.45) is 8.43. The van der Waals surface area contributed by atoms with Gasteiger partial charge in [-0.2, -0.15) is 5.26 Å². The second-order valence-electron chi connectivity index (χ2n) is 9.45. The van der Waals surface area contributed by atoms with Crippen molar-refractivity contribution in [2.45, 2.75) is 38.3 Å². The standard InChI is InChI=1S/C31H26N4OS/c32-19-22-10-4-5-11-23(22)20-34-21-24(27-16-8-9-17-28(27)34)18-29-30(36)35(26-14-6-7-15-26)31(37-29)33-25-12-2-1-3-13-25/h1-5,8-13,16-18,21,26H,6-7,14-15,20H2/b29-18+,33-31?. The van der Waals surface area contributed by atoms with Gasteiger partial charge in [0.15, 0.2) is 5.17 Å². The molecule has 2 heterocycles. The highest BCUT2D eigenvalue weighted by molar-refractivity contribution is 8.18. The van der Waals surface area contributed by atoms with Crippen LogP contribution in [0.3, 0.4) is 0 Å². The van der Waals surface area contributed by atoms with Crippen molar-refractivity contribution in [3.8, 4) is 6.07 Å². The number of thioether (sulfide) groups is 1. The van der Waals surface area contributed by atoms with Gasteiger partial charge < -0.3 is 4.57 Å². The zero-order chi connectivity index (χ0) is 25.2. The molecule has 5 nitrogen and oxygen atoms in total. The van der Waals surface area contributed by atoms with E-state index < -0.39 is 0 Å². The van der Waals surface area contributed by atoms with E-state index in [-0.39, 0.29) is 11.9 Å². The lowest BCUT2D eigenvalue weighted by molar-refractivity contribution is -0.123. The molecular weight excluding hydrogens is 476 g/mol. The van der Waals surface area contributed by atoms with Crippen LogP contribution < -0.4 is 0 Å². The number of aliphatic imine (C=N–C) groups is 1. The van der Waals surface area contributed by atoms with E-state index in [0.717, 1.165) is 58.6 Å². The van der Waals surface area contributed by atoms with Gasteiger partial charge in [0, 0.05) is 35.2 Å². The van der Waals surface area contributed by atoms with E-state index in [4.69, 9.17) is 4.99 Å². The normalized spacial score (nSPS) is 18.4. The summed E-state index contributed by atoms with van der Waals surface area (Å²) < 4.78 is 2.16. The molecule has 37 heavy (non-hydrogen) atoms. The number of para-hydroxylation sites is 2. The Morgan fingerprint density at radius 1 is 0.973 bits per heavy atom. The highest BCUT2D eigenvalue weighted by Crippen LogP contribution is 2.39. The van der Waals surface area contributed by atoms with Crippen LogP contribution in [0.2, 0.25) is 0 Å². The Morgan fingerprint density at radius 3 is 2.51 bits per heavy atom. The third kappa shape index (κ3) is 4.59. The van der Waals surface area contributed by atoms with E-state index in [9.17, 15) is 10.1 Å². The Labute approximate surface area is 220 Å². The highest BCUT2D eigenvalue weighted by Gasteiger charge is 2.39. The maximum atomic E-state index is 13.7. The van der Waals surface area contributed by atoms with Crippen LogP contribution in [0.15, 0.2) is 95.0 Å². The number of fused-ring (bicyclic) bond motifs is 1. The molecule has 0 spiro atoms. The van der Waals surface area contributed by atoms with E-state index in [0.29, 0.717) is 17.0 Å². The van der Waals surface area contributed by atoms with Crippen LogP contribution >= 0.6 is 11.8 Å². The first-order valence-corrected chi connectivity index (χ1v) is 13.5. The number of carbonyl (C=O) groups is 1. The molecule has 0 N–H and O–H groups in total. The first kappa shape index (κ1) is 23.3. The van der Waals surface area contributed by atoms with Crippen LogP contribution in [0.25, 0.3) is 17.0 Å². The summed E-state index contributed by atoms with van der Waals surface area (Å²) in [5.74, 6) is 0.0400. The molecule has 0 radical (unpaired) electrons. The zero-order valence-corrected chi connectivity index (χ0v) is 21.2. The van der Waals surface area contributed by atoms with Gasteiger partial charge in [-0.15, -0.1) is 0 Å². The number of amidine groups is 1. The van der Waals surface area contributed by atoms with Crippen molar-refractivity contribution in [3.05, 3.63) is 107 Å². The monoisotopic (exact) mass is 502 g/mol. The van der Waals surface area contributed by atoms with Crippen molar-refractivity contribution in [2.24, 2.45) is 4.99 Å². The van der Waals surface area contributed by atoms with Crippen LogP contribution in [-0.2, 0) is 11.3 Å². The largest absolute Gasteiger partial charge is 0.342 e. The van der Waals surface area contributed by atoms with Gasteiger partial charge in [-0.1, -0.05) is 67.4 Å². The minimum absolute atomic E-state index is 0.0400. The maximum Gasteiger partial charge on any atom is 0.267 e. The average Bonchev–Trinajstić information content (AvgIpc) is 3.65. The first-order chi connectivity index (χ1) is 18.2. The number of nitrogens with zero attached hydrogens (tertiary/aromatic N) is 4. The number of amides is 1. The topological polar surface area (TPSA) is 61.4 Å². The number of aromatic nitrogens is 1. The molecule has 182 valence electrons. The summed E-state index contributed by atoms with van der Waals surface area (Å²) in [6, 6.07) is 28.3. The summed E-state index contributed by atoms with van der Waals surface area (Å²) in [4.78, 5) is 21.2. The molecule has 1 saturated carbocycles. The van der Waals surface area contributed by atoms with Crippen molar-refractivity contribution in [1.82, 2.24) is 9.47 Å². The van der Waals surface area contributed by atoms with Crippen molar-refractivity contribution in [2.75, 3.05) is 0 Å². The molecule has 0 unspecified atom stereocenters. The van der Waals surface area contributed by atoms with E-state index in [2.05, 4.69) is 29.0 Å². The maximum absolute atomic E-state index is 13.7. The lowest BCUT2D eigenvalue weighted by Crippen LogP contribution is -2.37. The number of benzene rings is 3. The fourth-order valence-corrected chi connectivity index (χ4v) is 6.32. The smallest absolute Gasteiger partial charge is 0.267 e. The Morgan fingerprint density at radius 2 is 1.70 bits per heavy atom. The molecule has 3 aromatic carbocycles. The molecule has 6 heteroatoms. The van der Waals surface area contributed by atoms with Gasteiger partial charge in [-0.05, 0) is 60.5 Å². The molecule has 2 fully saturated rings. The molecule has 2 aliphatic rings. The summed E-state index contributed by atoms with van der Waals surface area (Å²) in [5, 5.41) is 11.4. The van der Waals surface area contributed by atoms with Crippen molar-refractivity contribution >= 4 is 45.5 Å². The van der Waals surface area contributed by atoms with Crippen LogP contribution in [0, 0.1) is 11.3 Å². The molecule has 1 amide bonds. The number of nitriles is 1. The fraction of sp³-hybridized carbons (Fsp3) is 0.194. The fourth-order valence-electron chi connectivity index (χ4n) is 5.28. The minimum Gasteiger partial charge on any atom is -0.342 e. The lowest BCUT2D eigenvalue weighted by atomic mass is 10.1. The first-order valence-electron chi connectivity index (χ1n) is 12.6. The number of rotatable bonds is 5. The van der Waals surface area contributed by atoms with E-state index >= 15 is 0 Å². The molecule has 1 aliphatic carbocycles. The second kappa shape index (κ2) is 10.1. The average molecular weight is 503 g/mol. The number of carbonyl (C=O) groups excluding carboxylic acids is 1. The third-order valence-corrected chi connectivity index (χ3v) is 8.08. The molecule has 0 atom stereocenters. The van der Waals surface area contributed by atoms with Gasteiger partial charge in [0.25, 0.3) is 5.91 Å². The SMILES string of the molecule is N#Cc1ccccc1Cn1cc(/C=C2/SC(=Nc3ccccc3)N(C3CCCC3)C2=O)c2ccccc21. The third-order valence-electron chi connectivity index (χ3n) is 7.09.